The molecule has 1 aromatic heterocycles. The predicted octanol–water partition coefficient (Wildman–Crippen LogP) is 5.71. The summed E-state index contributed by atoms with van der Waals surface area (Å²) in [5.41, 5.74) is 0. The summed E-state index contributed by atoms with van der Waals surface area (Å²) >= 11 is 18.5. The summed E-state index contributed by atoms with van der Waals surface area (Å²) in [4.78, 5) is 4.07. The molecule has 6 heteroatoms. The molecule has 17 heavy (non-hydrogen) atoms. The Labute approximate surface area is 125 Å². The van der Waals surface area contributed by atoms with Crippen LogP contribution in [0.1, 0.15) is 0 Å². The largest absolute Gasteiger partial charge is 0.436 e. The van der Waals surface area contributed by atoms with Crippen molar-refractivity contribution in [3.05, 3.63) is 49.5 Å². The van der Waals surface area contributed by atoms with Crippen LogP contribution < -0.4 is 4.74 Å². The van der Waals surface area contributed by atoms with E-state index in [2.05, 4.69) is 36.8 Å². The highest BCUT2D eigenvalue weighted by Crippen LogP contribution is 2.34. The van der Waals surface area contributed by atoms with E-state index < -0.39 is 0 Å². The average Bonchev–Trinajstić information content (AvgIpc) is 2.25. The Kier molecular flexibility index (Phi) is 4.31. The van der Waals surface area contributed by atoms with Gasteiger partial charge in [-0.15, -0.1) is 0 Å². The molecule has 0 saturated carbocycles. The van der Waals surface area contributed by atoms with E-state index in [0.29, 0.717) is 26.1 Å². The third kappa shape index (κ3) is 3.35. The fourth-order valence-electron chi connectivity index (χ4n) is 1.14. The first-order chi connectivity index (χ1) is 8.06. The summed E-state index contributed by atoms with van der Waals surface area (Å²) in [7, 11) is 0. The van der Waals surface area contributed by atoms with E-state index in [4.69, 9.17) is 27.9 Å². The maximum atomic E-state index is 6.04. The molecular weight excluding hydrogens is 393 g/mol. The van der Waals surface area contributed by atoms with Crippen LogP contribution in [0.2, 0.25) is 10.0 Å². The van der Waals surface area contributed by atoms with Crippen molar-refractivity contribution in [3.63, 3.8) is 0 Å². The molecule has 0 spiro atoms. The zero-order valence-corrected chi connectivity index (χ0v) is 12.9. The van der Waals surface area contributed by atoms with Crippen LogP contribution in [0.25, 0.3) is 0 Å². The van der Waals surface area contributed by atoms with Crippen molar-refractivity contribution >= 4 is 55.1 Å². The molecule has 0 fully saturated rings. The second kappa shape index (κ2) is 5.57. The van der Waals surface area contributed by atoms with E-state index in [1.54, 1.807) is 18.2 Å². The standard InChI is InChI=1S/C11H5Br2Cl2NO/c12-6-1-2-10(9(15)3-6)17-11-8(13)4-7(14)5-16-11/h1-5H. The van der Waals surface area contributed by atoms with Gasteiger partial charge in [-0.1, -0.05) is 39.1 Å². The SMILES string of the molecule is Clc1cnc(Oc2ccc(Br)cc2Cl)c(Br)c1. The third-order valence-corrected chi connectivity index (χ3v) is 3.44. The Morgan fingerprint density at radius 1 is 1.12 bits per heavy atom. The maximum Gasteiger partial charge on any atom is 0.233 e. The van der Waals surface area contributed by atoms with E-state index in [1.165, 1.54) is 6.20 Å². The number of nitrogens with zero attached hydrogens (tertiary/aromatic N) is 1. The van der Waals surface area contributed by atoms with Gasteiger partial charge in [0.25, 0.3) is 0 Å². The predicted molar refractivity (Wildman–Crippen MR) is 76.2 cm³/mol. The highest BCUT2D eigenvalue weighted by atomic mass is 79.9. The van der Waals surface area contributed by atoms with Gasteiger partial charge in [-0.25, -0.2) is 4.98 Å². The Morgan fingerprint density at radius 2 is 1.88 bits per heavy atom. The summed E-state index contributed by atoms with van der Waals surface area (Å²) in [6.45, 7) is 0. The smallest absolute Gasteiger partial charge is 0.233 e. The molecule has 2 rings (SSSR count). The Hall–Kier alpha value is -0.290. The van der Waals surface area contributed by atoms with Crippen molar-refractivity contribution in [3.8, 4) is 11.6 Å². The molecule has 0 unspecified atom stereocenters. The molecule has 0 atom stereocenters. The van der Waals surface area contributed by atoms with Crippen LogP contribution >= 0.6 is 55.1 Å². The number of halogens is 4. The molecule has 1 aromatic carbocycles. The molecule has 2 aromatic rings. The lowest BCUT2D eigenvalue weighted by Gasteiger charge is -2.08. The average molecular weight is 398 g/mol. The van der Waals surface area contributed by atoms with Gasteiger partial charge < -0.3 is 4.74 Å². The maximum absolute atomic E-state index is 6.04. The quantitative estimate of drug-likeness (QED) is 0.647. The van der Waals surface area contributed by atoms with Crippen molar-refractivity contribution in [2.75, 3.05) is 0 Å². The van der Waals surface area contributed by atoms with Crippen LogP contribution in [0.4, 0.5) is 0 Å². The molecule has 0 amide bonds. The first-order valence-electron chi connectivity index (χ1n) is 4.50. The second-order valence-corrected chi connectivity index (χ2v) is 5.73. The van der Waals surface area contributed by atoms with E-state index >= 15 is 0 Å². The van der Waals surface area contributed by atoms with Gasteiger partial charge >= 0.3 is 0 Å². The zero-order chi connectivity index (χ0) is 12.4. The number of aromatic nitrogens is 1. The van der Waals surface area contributed by atoms with Crippen molar-refractivity contribution in [1.29, 1.82) is 0 Å². The lowest BCUT2D eigenvalue weighted by Crippen LogP contribution is -1.89. The van der Waals surface area contributed by atoms with Crippen LogP contribution in [0, 0.1) is 0 Å². The molecule has 0 aliphatic rings. The van der Waals surface area contributed by atoms with Gasteiger partial charge in [-0.2, -0.15) is 0 Å². The van der Waals surface area contributed by atoms with Gasteiger partial charge in [0.05, 0.1) is 14.5 Å². The second-order valence-electron chi connectivity index (χ2n) is 3.12. The number of pyridine rings is 1. The summed E-state index contributed by atoms with van der Waals surface area (Å²) in [6.07, 6.45) is 1.51. The lowest BCUT2D eigenvalue weighted by molar-refractivity contribution is 0.460. The van der Waals surface area contributed by atoms with Gasteiger partial charge in [0, 0.05) is 10.7 Å². The van der Waals surface area contributed by atoms with Gasteiger partial charge in [0.15, 0.2) is 0 Å². The lowest BCUT2D eigenvalue weighted by atomic mass is 10.3. The minimum Gasteiger partial charge on any atom is -0.436 e. The van der Waals surface area contributed by atoms with Crippen LogP contribution in [0.5, 0.6) is 11.6 Å². The molecule has 0 N–H and O–H groups in total. The van der Waals surface area contributed by atoms with Crippen molar-refractivity contribution in [2.24, 2.45) is 0 Å². The van der Waals surface area contributed by atoms with Crippen molar-refractivity contribution in [2.45, 2.75) is 0 Å². The van der Waals surface area contributed by atoms with E-state index in [9.17, 15) is 0 Å². The fraction of sp³-hybridized carbons (Fsp3) is 0. The number of hydrogen-bond donors (Lipinski definition) is 0. The molecule has 0 bridgehead atoms. The molecular formula is C11H5Br2Cl2NO. The number of rotatable bonds is 2. The molecule has 0 aliphatic heterocycles. The highest BCUT2D eigenvalue weighted by Gasteiger charge is 2.08. The molecule has 0 aliphatic carbocycles. The fourth-order valence-corrected chi connectivity index (χ4v) is 2.57. The summed E-state index contributed by atoms with van der Waals surface area (Å²) in [5.74, 6) is 0.948. The number of hydrogen-bond acceptors (Lipinski definition) is 2. The molecule has 88 valence electrons. The van der Waals surface area contributed by atoms with Gasteiger partial charge in [-0.3, -0.25) is 0 Å². The molecule has 2 nitrogen and oxygen atoms in total. The highest BCUT2D eigenvalue weighted by molar-refractivity contribution is 9.10. The van der Waals surface area contributed by atoms with Crippen LogP contribution in [0.3, 0.4) is 0 Å². The Bertz CT molecular complexity index is 514. The summed E-state index contributed by atoms with van der Waals surface area (Å²) in [5, 5.41) is 1.04. The monoisotopic (exact) mass is 395 g/mol. The van der Waals surface area contributed by atoms with Gasteiger partial charge in [0.2, 0.25) is 5.88 Å². The summed E-state index contributed by atoms with van der Waals surface area (Å²) in [6, 6.07) is 7.05. The number of ether oxygens (including phenoxy) is 1. The Morgan fingerprint density at radius 3 is 2.53 bits per heavy atom. The summed E-state index contributed by atoms with van der Waals surface area (Å²) < 4.78 is 7.14. The Balaban J connectivity index is 2.31. The minimum absolute atomic E-state index is 0.415. The molecule has 0 saturated heterocycles. The van der Waals surface area contributed by atoms with Crippen LogP contribution in [-0.2, 0) is 0 Å². The van der Waals surface area contributed by atoms with E-state index in [1.807, 2.05) is 6.07 Å². The normalized spacial score (nSPS) is 10.4. The molecule has 0 radical (unpaired) electrons. The van der Waals surface area contributed by atoms with Gasteiger partial charge in [-0.05, 0) is 40.2 Å². The van der Waals surface area contributed by atoms with E-state index in [0.717, 1.165) is 4.47 Å². The molecule has 1 heterocycles. The first-order valence-corrected chi connectivity index (χ1v) is 6.84. The van der Waals surface area contributed by atoms with Crippen molar-refractivity contribution in [1.82, 2.24) is 4.98 Å². The van der Waals surface area contributed by atoms with Crippen molar-refractivity contribution < 1.29 is 4.74 Å². The van der Waals surface area contributed by atoms with E-state index in [-0.39, 0.29) is 0 Å². The zero-order valence-electron chi connectivity index (χ0n) is 8.25. The number of benzene rings is 1. The van der Waals surface area contributed by atoms with Crippen LogP contribution in [-0.4, -0.2) is 4.98 Å². The van der Waals surface area contributed by atoms with Gasteiger partial charge in [0.1, 0.15) is 5.75 Å². The topological polar surface area (TPSA) is 22.1 Å². The van der Waals surface area contributed by atoms with Crippen LogP contribution in [0.15, 0.2) is 39.4 Å². The third-order valence-electron chi connectivity index (χ3n) is 1.87. The minimum atomic E-state index is 0.415. The first kappa shape index (κ1) is 13.1.